The molecule has 4 heterocycles. The number of aryl methyl sites for hydroxylation is 1. The van der Waals surface area contributed by atoms with Gasteiger partial charge in [-0.2, -0.15) is 4.52 Å². The van der Waals surface area contributed by atoms with Crippen LogP contribution in [0.3, 0.4) is 0 Å². The zero-order valence-electron chi connectivity index (χ0n) is 15.0. The van der Waals surface area contributed by atoms with Gasteiger partial charge in [0.1, 0.15) is 11.6 Å². The van der Waals surface area contributed by atoms with Gasteiger partial charge < -0.3 is 14.8 Å². The normalized spacial score (nSPS) is 18.3. The molecular formula is C18H24N8. The van der Waals surface area contributed by atoms with E-state index in [-0.39, 0.29) is 0 Å². The highest BCUT2D eigenvalue weighted by Crippen LogP contribution is 2.35. The molecule has 0 atom stereocenters. The van der Waals surface area contributed by atoms with E-state index in [0.29, 0.717) is 11.8 Å². The zero-order valence-corrected chi connectivity index (χ0v) is 15.0. The Morgan fingerprint density at radius 2 is 2.08 bits per heavy atom. The van der Waals surface area contributed by atoms with E-state index in [2.05, 4.69) is 36.0 Å². The second kappa shape index (κ2) is 6.35. The summed E-state index contributed by atoms with van der Waals surface area (Å²) in [6, 6.07) is 4.09. The van der Waals surface area contributed by atoms with Crippen LogP contribution in [0.2, 0.25) is 0 Å². The summed E-state index contributed by atoms with van der Waals surface area (Å²) in [5.41, 5.74) is 0.851. The molecule has 1 saturated heterocycles. The minimum absolute atomic E-state index is 0.534. The quantitative estimate of drug-likeness (QED) is 0.722. The van der Waals surface area contributed by atoms with Crippen LogP contribution in [0.4, 0.5) is 5.82 Å². The van der Waals surface area contributed by atoms with Gasteiger partial charge >= 0.3 is 0 Å². The van der Waals surface area contributed by atoms with E-state index in [4.69, 9.17) is 5.10 Å². The maximum absolute atomic E-state index is 4.81. The molecule has 136 valence electrons. The van der Waals surface area contributed by atoms with Crippen LogP contribution < -0.4 is 10.2 Å². The number of fused-ring (bicyclic) bond motifs is 1. The number of aromatic nitrogens is 6. The van der Waals surface area contributed by atoms with Crippen LogP contribution in [-0.2, 0) is 13.6 Å². The number of hydrogen-bond acceptors (Lipinski definition) is 6. The van der Waals surface area contributed by atoms with Crippen LogP contribution in [0.1, 0.15) is 36.8 Å². The standard InChI is InChI=1S/C18H24N8/c1-24-8-7-20-17(24)10-19-9-13-11-25(12-13)16-6-5-15-21-22-18(26(15)23-16)14-3-2-4-14/h5-8,13-14,19H,2-4,9-12H2,1H3. The van der Waals surface area contributed by atoms with E-state index < -0.39 is 0 Å². The van der Waals surface area contributed by atoms with E-state index in [1.807, 2.05) is 30.0 Å². The Kier molecular flexibility index (Phi) is 3.85. The van der Waals surface area contributed by atoms with Gasteiger partial charge in [-0.25, -0.2) is 4.98 Å². The van der Waals surface area contributed by atoms with Crippen molar-refractivity contribution in [1.29, 1.82) is 0 Å². The molecule has 5 rings (SSSR count). The summed E-state index contributed by atoms with van der Waals surface area (Å²) in [6.45, 7) is 3.89. The molecule has 0 aromatic carbocycles. The lowest BCUT2D eigenvalue weighted by Crippen LogP contribution is -2.51. The highest BCUT2D eigenvalue weighted by atomic mass is 15.4. The summed E-state index contributed by atoms with van der Waals surface area (Å²) in [4.78, 5) is 6.67. The molecule has 1 aliphatic heterocycles. The van der Waals surface area contributed by atoms with Crippen LogP contribution in [0, 0.1) is 5.92 Å². The van der Waals surface area contributed by atoms with E-state index in [0.717, 1.165) is 49.3 Å². The second-order valence-electron chi connectivity index (χ2n) is 7.50. The number of anilines is 1. The number of imidazole rings is 1. The van der Waals surface area contributed by atoms with Gasteiger partial charge in [-0.3, -0.25) is 0 Å². The van der Waals surface area contributed by atoms with Gasteiger partial charge in [0.25, 0.3) is 0 Å². The average molecular weight is 352 g/mol. The van der Waals surface area contributed by atoms with Crippen molar-refractivity contribution in [3.05, 3.63) is 36.2 Å². The van der Waals surface area contributed by atoms with Crippen LogP contribution in [0.15, 0.2) is 24.5 Å². The van der Waals surface area contributed by atoms with Gasteiger partial charge in [-0.05, 0) is 25.0 Å². The molecule has 0 amide bonds. The minimum Gasteiger partial charge on any atom is -0.354 e. The fourth-order valence-electron chi connectivity index (χ4n) is 3.73. The molecule has 0 unspecified atom stereocenters. The average Bonchev–Trinajstić information content (AvgIpc) is 3.15. The van der Waals surface area contributed by atoms with Crippen molar-refractivity contribution >= 4 is 11.5 Å². The molecule has 2 fully saturated rings. The van der Waals surface area contributed by atoms with Crippen LogP contribution >= 0.6 is 0 Å². The van der Waals surface area contributed by atoms with Crippen molar-refractivity contribution in [2.24, 2.45) is 13.0 Å². The van der Waals surface area contributed by atoms with Crippen LogP contribution in [0.25, 0.3) is 5.65 Å². The first-order chi connectivity index (χ1) is 12.8. The Morgan fingerprint density at radius 3 is 2.81 bits per heavy atom. The first-order valence-corrected chi connectivity index (χ1v) is 9.42. The van der Waals surface area contributed by atoms with E-state index in [9.17, 15) is 0 Å². The van der Waals surface area contributed by atoms with Crippen molar-refractivity contribution < 1.29 is 0 Å². The number of nitrogens with one attached hydrogen (secondary N) is 1. The predicted molar refractivity (Wildman–Crippen MR) is 98.0 cm³/mol. The van der Waals surface area contributed by atoms with Crippen molar-refractivity contribution in [3.63, 3.8) is 0 Å². The van der Waals surface area contributed by atoms with Gasteiger partial charge in [0.05, 0.1) is 6.54 Å². The molecule has 8 nitrogen and oxygen atoms in total. The third-order valence-electron chi connectivity index (χ3n) is 5.66. The van der Waals surface area contributed by atoms with Crippen LogP contribution in [0.5, 0.6) is 0 Å². The van der Waals surface area contributed by atoms with E-state index >= 15 is 0 Å². The minimum atomic E-state index is 0.534. The van der Waals surface area contributed by atoms with Gasteiger partial charge in [-0.15, -0.1) is 15.3 Å². The first-order valence-electron chi connectivity index (χ1n) is 9.42. The third-order valence-corrected chi connectivity index (χ3v) is 5.66. The lowest BCUT2D eigenvalue weighted by Gasteiger charge is -2.40. The summed E-state index contributed by atoms with van der Waals surface area (Å²) in [6.07, 6.45) is 7.53. The van der Waals surface area contributed by atoms with Crippen molar-refractivity contribution in [1.82, 2.24) is 34.7 Å². The molecule has 8 heteroatoms. The second-order valence-corrected chi connectivity index (χ2v) is 7.50. The molecular weight excluding hydrogens is 328 g/mol. The predicted octanol–water partition coefficient (Wildman–Crippen LogP) is 1.35. The number of nitrogens with zero attached hydrogens (tertiary/aromatic N) is 7. The SMILES string of the molecule is Cn1ccnc1CNCC1CN(c2ccc3nnc(C4CCC4)n3n2)C1. The summed E-state index contributed by atoms with van der Waals surface area (Å²) < 4.78 is 4.00. The molecule has 2 aliphatic rings. The Balaban J connectivity index is 1.19. The Morgan fingerprint density at radius 1 is 1.19 bits per heavy atom. The highest BCUT2D eigenvalue weighted by Gasteiger charge is 2.29. The third kappa shape index (κ3) is 2.74. The molecule has 26 heavy (non-hydrogen) atoms. The molecule has 0 radical (unpaired) electrons. The summed E-state index contributed by atoms with van der Waals surface area (Å²) in [7, 11) is 2.03. The van der Waals surface area contributed by atoms with Crippen molar-refractivity contribution in [2.75, 3.05) is 24.5 Å². The Hall–Kier alpha value is -2.48. The van der Waals surface area contributed by atoms with E-state index in [1.54, 1.807) is 0 Å². The number of rotatable bonds is 6. The number of hydrogen-bond donors (Lipinski definition) is 1. The Bertz CT molecular complexity index is 903. The lowest BCUT2D eigenvalue weighted by molar-refractivity contribution is 0.376. The van der Waals surface area contributed by atoms with Crippen LogP contribution in [-0.4, -0.2) is 49.0 Å². The van der Waals surface area contributed by atoms with E-state index in [1.165, 1.54) is 19.3 Å². The molecule has 1 aliphatic carbocycles. The highest BCUT2D eigenvalue weighted by molar-refractivity contribution is 5.47. The van der Waals surface area contributed by atoms with Gasteiger partial charge in [0, 0.05) is 50.9 Å². The maximum Gasteiger partial charge on any atom is 0.178 e. The molecule has 3 aromatic rings. The molecule has 1 saturated carbocycles. The lowest BCUT2D eigenvalue weighted by atomic mass is 9.85. The van der Waals surface area contributed by atoms with Gasteiger partial charge in [0.2, 0.25) is 0 Å². The summed E-state index contributed by atoms with van der Waals surface area (Å²) >= 11 is 0. The molecule has 0 spiro atoms. The van der Waals surface area contributed by atoms with Crippen molar-refractivity contribution in [2.45, 2.75) is 31.7 Å². The van der Waals surface area contributed by atoms with Gasteiger partial charge in [0.15, 0.2) is 11.5 Å². The zero-order chi connectivity index (χ0) is 17.5. The monoisotopic (exact) mass is 352 g/mol. The Labute approximate surface area is 152 Å². The first kappa shape index (κ1) is 15.7. The van der Waals surface area contributed by atoms with Gasteiger partial charge in [-0.1, -0.05) is 6.42 Å². The smallest absolute Gasteiger partial charge is 0.178 e. The molecule has 1 N–H and O–H groups in total. The summed E-state index contributed by atoms with van der Waals surface area (Å²) in [5, 5.41) is 17.0. The largest absolute Gasteiger partial charge is 0.354 e. The fourth-order valence-corrected chi connectivity index (χ4v) is 3.73. The van der Waals surface area contributed by atoms with Crippen molar-refractivity contribution in [3.8, 4) is 0 Å². The molecule has 0 bridgehead atoms. The fraction of sp³-hybridized carbons (Fsp3) is 0.556. The maximum atomic E-state index is 4.81. The summed E-state index contributed by atoms with van der Waals surface area (Å²) in [5.74, 6) is 4.32. The molecule has 3 aromatic heterocycles. The topological polar surface area (TPSA) is 76.2 Å².